The standard InChI is InChI=1S/C29H36F2N6O2.2ClH/c1-19-27(26-10-7-11-35(26)2)34-37(23-8-5-4-6-9-23)28(19)33-29(38)32-25-18-36(12-13-39-3)17-24(25)20-14-21(30)16-22(31)15-20;;/h4-6,8-9,14-16,24-26H,7,10-13,17-18H2,1-3H3,(H2,32,33,38);2*1H/t24-,25+,26?;;/m0../s1. The molecule has 0 radical (unpaired) electrons. The highest BCUT2D eigenvalue weighted by molar-refractivity contribution is 5.90. The largest absolute Gasteiger partial charge is 0.383 e. The fraction of sp³-hybridized carbons (Fsp3) is 0.448. The first-order valence-corrected chi connectivity index (χ1v) is 13.4. The van der Waals surface area contributed by atoms with Crippen LogP contribution in [-0.2, 0) is 4.74 Å². The van der Waals surface area contributed by atoms with E-state index in [1.807, 2.05) is 37.3 Å². The molecule has 0 bridgehead atoms. The first-order valence-electron chi connectivity index (χ1n) is 13.4. The quantitative estimate of drug-likeness (QED) is 0.362. The number of halogens is 4. The number of aromatic nitrogens is 2. The van der Waals surface area contributed by atoms with Gasteiger partial charge in [-0.3, -0.25) is 15.1 Å². The highest BCUT2D eigenvalue weighted by atomic mass is 35.5. The average Bonchev–Trinajstić information content (AvgIpc) is 3.60. The van der Waals surface area contributed by atoms with E-state index >= 15 is 0 Å². The van der Waals surface area contributed by atoms with Gasteiger partial charge in [0.1, 0.15) is 17.5 Å². The number of urea groups is 1. The molecular weight excluding hydrogens is 573 g/mol. The van der Waals surface area contributed by atoms with Crippen LogP contribution in [0.25, 0.3) is 5.69 Å². The van der Waals surface area contributed by atoms with Gasteiger partial charge in [-0.15, -0.1) is 24.8 Å². The Labute approximate surface area is 252 Å². The molecular formula is C29H38Cl2F2N6O2. The van der Waals surface area contributed by atoms with Gasteiger partial charge in [-0.05, 0) is 63.2 Å². The lowest BCUT2D eigenvalue weighted by atomic mass is 9.94. The van der Waals surface area contributed by atoms with Crippen molar-refractivity contribution in [1.29, 1.82) is 0 Å². The van der Waals surface area contributed by atoms with Crippen LogP contribution in [0.3, 0.4) is 0 Å². The van der Waals surface area contributed by atoms with E-state index in [9.17, 15) is 13.6 Å². The highest BCUT2D eigenvalue weighted by Gasteiger charge is 2.36. The normalized spacial score (nSPS) is 20.9. The summed E-state index contributed by atoms with van der Waals surface area (Å²) >= 11 is 0. The molecule has 1 aromatic heterocycles. The van der Waals surface area contributed by atoms with Gasteiger partial charge in [0.25, 0.3) is 0 Å². The number of anilines is 1. The van der Waals surface area contributed by atoms with E-state index in [0.717, 1.165) is 42.4 Å². The average molecular weight is 612 g/mol. The molecule has 12 heteroatoms. The van der Waals surface area contributed by atoms with Gasteiger partial charge in [0.05, 0.1) is 30.1 Å². The highest BCUT2D eigenvalue weighted by Crippen LogP contribution is 2.35. The lowest BCUT2D eigenvalue weighted by Gasteiger charge is -2.21. The third kappa shape index (κ3) is 7.37. The minimum atomic E-state index is -0.629. The summed E-state index contributed by atoms with van der Waals surface area (Å²) in [5.74, 6) is -0.928. The third-order valence-corrected chi connectivity index (χ3v) is 7.86. The maximum absolute atomic E-state index is 14.1. The van der Waals surface area contributed by atoms with Crippen LogP contribution in [0, 0.1) is 18.6 Å². The number of benzene rings is 2. The van der Waals surface area contributed by atoms with Crippen LogP contribution in [0.1, 0.15) is 41.6 Å². The number of carbonyl (C=O) groups is 1. The molecule has 0 aliphatic carbocycles. The second kappa shape index (κ2) is 14.4. The molecule has 2 aliphatic heterocycles. The van der Waals surface area contributed by atoms with Crippen molar-refractivity contribution < 1.29 is 18.3 Å². The predicted molar refractivity (Wildman–Crippen MR) is 161 cm³/mol. The van der Waals surface area contributed by atoms with Crippen molar-refractivity contribution in [3.63, 3.8) is 0 Å². The van der Waals surface area contributed by atoms with E-state index < -0.39 is 11.6 Å². The number of rotatable bonds is 8. The van der Waals surface area contributed by atoms with Crippen LogP contribution in [0.2, 0.25) is 0 Å². The summed E-state index contributed by atoms with van der Waals surface area (Å²) in [5.41, 5.74) is 3.25. The molecule has 3 atom stereocenters. The molecule has 0 spiro atoms. The fourth-order valence-electron chi connectivity index (χ4n) is 5.86. The number of para-hydroxylation sites is 1. The van der Waals surface area contributed by atoms with Gasteiger partial charge < -0.3 is 10.1 Å². The van der Waals surface area contributed by atoms with Gasteiger partial charge >= 0.3 is 6.03 Å². The Balaban J connectivity index is 0.00000231. The van der Waals surface area contributed by atoms with Crippen molar-refractivity contribution in [2.75, 3.05) is 52.3 Å². The Morgan fingerprint density at radius 3 is 2.44 bits per heavy atom. The number of hydrogen-bond acceptors (Lipinski definition) is 5. The third-order valence-electron chi connectivity index (χ3n) is 7.86. The zero-order valence-electron chi connectivity index (χ0n) is 23.5. The molecule has 1 unspecified atom stereocenters. The van der Waals surface area contributed by atoms with Crippen molar-refractivity contribution in [3.05, 3.63) is 77.0 Å². The summed E-state index contributed by atoms with van der Waals surface area (Å²) in [4.78, 5) is 17.9. The zero-order chi connectivity index (χ0) is 27.5. The molecule has 3 aromatic rings. The molecule has 0 saturated carbocycles. The monoisotopic (exact) mass is 610 g/mol. The summed E-state index contributed by atoms with van der Waals surface area (Å²) in [6.45, 7) is 5.27. The molecule has 8 nitrogen and oxygen atoms in total. The molecule has 41 heavy (non-hydrogen) atoms. The number of likely N-dealkylation sites (tertiary alicyclic amines) is 2. The van der Waals surface area contributed by atoms with Gasteiger partial charge in [0.15, 0.2) is 0 Å². The maximum Gasteiger partial charge on any atom is 0.320 e. The van der Waals surface area contributed by atoms with E-state index in [0.29, 0.717) is 37.6 Å². The van der Waals surface area contributed by atoms with Gasteiger partial charge in [0, 0.05) is 44.3 Å². The Morgan fingerprint density at radius 1 is 1.10 bits per heavy atom. The molecule has 3 heterocycles. The number of nitrogens with zero attached hydrogens (tertiary/aromatic N) is 4. The van der Waals surface area contributed by atoms with Crippen LogP contribution < -0.4 is 10.6 Å². The Kier molecular flexibility index (Phi) is 11.5. The number of amides is 2. The maximum atomic E-state index is 14.1. The van der Waals surface area contributed by atoms with Crippen LogP contribution in [0.5, 0.6) is 0 Å². The van der Waals surface area contributed by atoms with E-state index in [4.69, 9.17) is 9.84 Å². The van der Waals surface area contributed by atoms with Crippen molar-refractivity contribution >= 4 is 36.7 Å². The molecule has 2 amide bonds. The van der Waals surface area contributed by atoms with Crippen molar-refractivity contribution in [3.8, 4) is 5.69 Å². The second-order valence-electron chi connectivity index (χ2n) is 10.5. The molecule has 2 N–H and O–H groups in total. The topological polar surface area (TPSA) is 74.7 Å². The Morgan fingerprint density at radius 2 is 1.80 bits per heavy atom. The van der Waals surface area contributed by atoms with E-state index in [2.05, 4.69) is 27.5 Å². The Bertz CT molecular complexity index is 1290. The van der Waals surface area contributed by atoms with Gasteiger partial charge in [-0.1, -0.05) is 18.2 Å². The fourth-order valence-corrected chi connectivity index (χ4v) is 5.86. The SMILES string of the molecule is COCCN1C[C@@H](NC(=O)Nc2c(C)c(C3CCCN3C)nn2-c2ccccc2)[C@H](c2cc(F)cc(F)c2)C1.Cl.Cl. The van der Waals surface area contributed by atoms with Crippen LogP contribution in [-0.4, -0.2) is 78.6 Å². The summed E-state index contributed by atoms with van der Waals surface area (Å²) in [5, 5.41) is 11.1. The lowest BCUT2D eigenvalue weighted by Crippen LogP contribution is -2.42. The zero-order valence-corrected chi connectivity index (χ0v) is 25.1. The number of methoxy groups -OCH3 is 1. The smallest absolute Gasteiger partial charge is 0.320 e. The van der Waals surface area contributed by atoms with Crippen LogP contribution in [0.15, 0.2) is 48.5 Å². The number of ether oxygens (including phenoxy) is 1. The summed E-state index contributed by atoms with van der Waals surface area (Å²) < 4.78 is 35.2. The molecule has 2 fully saturated rings. The van der Waals surface area contributed by atoms with Crippen molar-refractivity contribution in [1.82, 2.24) is 24.9 Å². The summed E-state index contributed by atoms with van der Waals surface area (Å²) in [6, 6.07) is 12.7. The second-order valence-corrected chi connectivity index (χ2v) is 10.5. The first-order chi connectivity index (χ1) is 18.8. The van der Waals surface area contributed by atoms with Crippen molar-refractivity contribution in [2.24, 2.45) is 0 Å². The van der Waals surface area contributed by atoms with Gasteiger partial charge in [-0.2, -0.15) is 5.10 Å². The van der Waals surface area contributed by atoms with Crippen LogP contribution >= 0.6 is 24.8 Å². The molecule has 5 rings (SSSR count). The number of carbonyl (C=O) groups excluding carboxylic acids is 1. The number of nitrogens with one attached hydrogen (secondary N) is 2. The minimum absolute atomic E-state index is 0. The molecule has 2 aliphatic rings. The summed E-state index contributed by atoms with van der Waals surface area (Å²) in [7, 11) is 3.73. The lowest BCUT2D eigenvalue weighted by molar-refractivity contribution is 0.159. The first kappa shape index (κ1) is 32.8. The number of hydrogen-bond donors (Lipinski definition) is 2. The van der Waals surface area contributed by atoms with E-state index in [1.165, 1.54) is 12.1 Å². The summed E-state index contributed by atoms with van der Waals surface area (Å²) in [6.07, 6.45) is 2.12. The van der Waals surface area contributed by atoms with Crippen molar-refractivity contribution in [2.45, 2.75) is 37.8 Å². The molecule has 2 saturated heterocycles. The predicted octanol–water partition coefficient (Wildman–Crippen LogP) is 5.31. The Hall–Kier alpha value is -2.76. The molecule has 224 valence electrons. The molecule has 2 aromatic carbocycles. The minimum Gasteiger partial charge on any atom is -0.383 e. The van der Waals surface area contributed by atoms with Gasteiger partial charge in [0.2, 0.25) is 0 Å². The van der Waals surface area contributed by atoms with E-state index in [-0.39, 0.29) is 48.8 Å². The van der Waals surface area contributed by atoms with Gasteiger partial charge in [-0.25, -0.2) is 18.3 Å². The van der Waals surface area contributed by atoms with E-state index in [1.54, 1.807) is 11.8 Å². The van der Waals surface area contributed by atoms with Crippen LogP contribution in [0.4, 0.5) is 19.4 Å².